The third kappa shape index (κ3) is 3.91. The number of anilines is 1. The molecule has 2 rings (SSSR count). The third-order valence-electron chi connectivity index (χ3n) is 2.31. The molecule has 1 nitrogen and oxygen atoms in total. The molecule has 2 N–H and O–H groups in total. The van der Waals surface area contributed by atoms with Gasteiger partial charge in [-0.25, -0.2) is 4.39 Å². The molecule has 0 saturated heterocycles. The van der Waals surface area contributed by atoms with Crippen LogP contribution in [0, 0.1) is 5.82 Å². The van der Waals surface area contributed by atoms with Crippen molar-refractivity contribution in [3.05, 3.63) is 65.5 Å². The van der Waals surface area contributed by atoms with Crippen molar-refractivity contribution in [3.63, 3.8) is 0 Å². The fourth-order valence-corrected chi connectivity index (χ4v) is 1.53. The van der Waals surface area contributed by atoms with Gasteiger partial charge in [0.25, 0.3) is 0 Å². The molecule has 0 bridgehead atoms. The number of rotatable bonds is 2. The highest BCUT2D eigenvalue weighted by Crippen LogP contribution is 2.15. The van der Waals surface area contributed by atoms with Crippen molar-refractivity contribution < 1.29 is 4.39 Å². The molecular formula is C15H18FN. The second-order valence-corrected chi connectivity index (χ2v) is 3.52. The maximum atomic E-state index is 12.9. The van der Waals surface area contributed by atoms with Gasteiger partial charge in [0, 0.05) is 0 Å². The molecule has 0 amide bonds. The smallest absolute Gasteiger partial charge is 0.146 e. The molecule has 2 aromatic carbocycles. The summed E-state index contributed by atoms with van der Waals surface area (Å²) in [6, 6.07) is 14.9. The number of hydrogen-bond acceptors (Lipinski definition) is 1. The van der Waals surface area contributed by atoms with Crippen molar-refractivity contribution in [2.75, 3.05) is 5.73 Å². The molecule has 90 valence electrons. The third-order valence-corrected chi connectivity index (χ3v) is 2.31. The van der Waals surface area contributed by atoms with Gasteiger partial charge in [0.05, 0.1) is 5.69 Å². The van der Waals surface area contributed by atoms with E-state index in [-0.39, 0.29) is 11.5 Å². The Kier molecular flexibility index (Phi) is 5.21. The van der Waals surface area contributed by atoms with E-state index in [1.165, 1.54) is 11.6 Å². The van der Waals surface area contributed by atoms with E-state index in [1.807, 2.05) is 44.2 Å². The van der Waals surface area contributed by atoms with Crippen LogP contribution in [0.5, 0.6) is 0 Å². The first-order chi connectivity index (χ1) is 8.25. The van der Waals surface area contributed by atoms with E-state index in [1.54, 1.807) is 12.1 Å². The molecule has 0 fully saturated rings. The number of benzene rings is 2. The highest BCUT2D eigenvalue weighted by atomic mass is 19.1. The number of nitrogen functional groups attached to an aromatic ring is 1. The van der Waals surface area contributed by atoms with E-state index in [0.717, 1.165) is 12.0 Å². The highest BCUT2D eigenvalue weighted by Gasteiger charge is 2.00. The minimum Gasteiger partial charge on any atom is -0.396 e. The maximum Gasteiger partial charge on any atom is 0.146 e. The lowest BCUT2D eigenvalue weighted by Crippen LogP contribution is -1.94. The molecule has 0 spiro atoms. The second-order valence-electron chi connectivity index (χ2n) is 3.52. The van der Waals surface area contributed by atoms with Gasteiger partial charge >= 0.3 is 0 Å². The SMILES string of the molecule is CC.Nc1cc(Cc2ccccc2)ccc1F. The Morgan fingerprint density at radius 3 is 2.18 bits per heavy atom. The zero-order valence-corrected chi connectivity index (χ0v) is 10.3. The van der Waals surface area contributed by atoms with E-state index in [4.69, 9.17) is 5.73 Å². The van der Waals surface area contributed by atoms with Crippen molar-refractivity contribution in [2.45, 2.75) is 20.3 Å². The van der Waals surface area contributed by atoms with Crippen LogP contribution < -0.4 is 5.73 Å². The van der Waals surface area contributed by atoms with Gasteiger partial charge in [0.1, 0.15) is 5.82 Å². The zero-order valence-electron chi connectivity index (χ0n) is 10.3. The summed E-state index contributed by atoms with van der Waals surface area (Å²) in [5, 5.41) is 0. The lowest BCUT2D eigenvalue weighted by molar-refractivity contribution is 0.632. The largest absolute Gasteiger partial charge is 0.396 e. The van der Waals surface area contributed by atoms with E-state index < -0.39 is 0 Å². The van der Waals surface area contributed by atoms with E-state index in [9.17, 15) is 4.39 Å². The quantitative estimate of drug-likeness (QED) is 0.776. The van der Waals surface area contributed by atoms with Crippen LogP contribution in [0.4, 0.5) is 10.1 Å². The first kappa shape index (κ1) is 13.2. The van der Waals surface area contributed by atoms with Crippen molar-refractivity contribution in [1.29, 1.82) is 0 Å². The summed E-state index contributed by atoms with van der Waals surface area (Å²) in [6.07, 6.45) is 0.783. The van der Waals surface area contributed by atoms with Crippen molar-refractivity contribution in [1.82, 2.24) is 0 Å². The van der Waals surface area contributed by atoms with Crippen LogP contribution in [0.25, 0.3) is 0 Å². The van der Waals surface area contributed by atoms with Gasteiger partial charge in [-0.15, -0.1) is 0 Å². The zero-order chi connectivity index (χ0) is 12.7. The minimum atomic E-state index is -0.355. The summed E-state index contributed by atoms with van der Waals surface area (Å²) in [5.74, 6) is -0.355. The van der Waals surface area contributed by atoms with Crippen LogP contribution in [0.15, 0.2) is 48.5 Å². The van der Waals surface area contributed by atoms with E-state index in [0.29, 0.717) is 0 Å². The standard InChI is InChI=1S/C13H12FN.C2H6/c14-12-7-6-11(9-13(12)15)8-10-4-2-1-3-5-10;1-2/h1-7,9H,8,15H2;1-2H3. The Bertz CT molecular complexity index is 452. The Balaban J connectivity index is 0.000000686. The number of halogens is 1. The predicted octanol–water partition coefficient (Wildman–Crippen LogP) is 4.02. The first-order valence-electron chi connectivity index (χ1n) is 5.83. The molecule has 0 saturated carbocycles. The van der Waals surface area contributed by atoms with E-state index in [2.05, 4.69) is 0 Å². The van der Waals surface area contributed by atoms with Crippen molar-refractivity contribution in [2.24, 2.45) is 0 Å². The fraction of sp³-hybridized carbons (Fsp3) is 0.200. The topological polar surface area (TPSA) is 26.0 Å². The molecule has 2 aromatic rings. The van der Waals surface area contributed by atoms with Gasteiger partial charge in [0.2, 0.25) is 0 Å². The van der Waals surface area contributed by atoms with E-state index >= 15 is 0 Å². The van der Waals surface area contributed by atoms with Crippen LogP contribution >= 0.6 is 0 Å². The summed E-state index contributed by atoms with van der Waals surface area (Å²) in [4.78, 5) is 0. The summed E-state index contributed by atoms with van der Waals surface area (Å²) in [5.41, 5.74) is 7.94. The summed E-state index contributed by atoms with van der Waals surface area (Å²) in [6.45, 7) is 4.00. The molecule has 0 unspecified atom stereocenters. The van der Waals surface area contributed by atoms with Gasteiger partial charge in [-0.3, -0.25) is 0 Å². The molecular weight excluding hydrogens is 213 g/mol. The molecule has 0 radical (unpaired) electrons. The second kappa shape index (κ2) is 6.69. The lowest BCUT2D eigenvalue weighted by Gasteiger charge is -2.03. The lowest BCUT2D eigenvalue weighted by atomic mass is 10.0. The average molecular weight is 231 g/mol. The average Bonchev–Trinajstić information content (AvgIpc) is 2.38. The Labute approximate surface area is 102 Å². The predicted molar refractivity (Wildman–Crippen MR) is 71.4 cm³/mol. The van der Waals surface area contributed by atoms with Gasteiger partial charge in [-0.1, -0.05) is 50.2 Å². The van der Waals surface area contributed by atoms with Gasteiger partial charge in [0.15, 0.2) is 0 Å². The normalized spacial score (nSPS) is 9.35. The number of hydrogen-bond donors (Lipinski definition) is 1. The summed E-state index contributed by atoms with van der Waals surface area (Å²) in [7, 11) is 0. The molecule has 0 aliphatic rings. The number of nitrogens with two attached hydrogens (primary N) is 1. The molecule has 0 heterocycles. The highest BCUT2D eigenvalue weighted by molar-refractivity contribution is 5.43. The molecule has 2 heteroatoms. The molecule has 17 heavy (non-hydrogen) atoms. The van der Waals surface area contributed by atoms with Crippen LogP contribution in [0.2, 0.25) is 0 Å². The molecule has 0 aliphatic heterocycles. The summed E-state index contributed by atoms with van der Waals surface area (Å²) >= 11 is 0. The minimum absolute atomic E-state index is 0.212. The Morgan fingerprint density at radius 2 is 1.59 bits per heavy atom. The monoisotopic (exact) mass is 231 g/mol. The molecule has 0 aromatic heterocycles. The Hall–Kier alpha value is -1.83. The van der Waals surface area contributed by atoms with Crippen LogP contribution in [-0.2, 0) is 6.42 Å². The fourth-order valence-electron chi connectivity index (χ4n) is 1.53. The molecule has 0 atom stereocenters. The van der Waals surface area contributed by atoms with Crippen LogP contribution in [0.3, 0.4) is 0 Å². The van der Waals surface area contributed by atoms with Gasteiger partial charge in [-0.05, 0) is 29.7 Å². The summed E-state index contributed by atoms with van der Waals surface area (Å²) < 4.78 is 12.9. The van der Waals surface area contributed by atoms with Crippen molar-refractivity contribution >= 4 is 5.69 Å². The van der Waals surface area contributed by atoms with Crippen LogP contribution in [-0.4, -0.2) is 0 Å². The van der Waals surface area contributed by atoms with Crippen LogP contribution in [0.1, 0.15) is 25.0 Å². The molecule has 0 aliphatic carbocycles. The van der Waals surface area contributed by atoms with Crippen molar-refractivity contribution in [3.8, 4) is 0 Å². The first-order valence-corrected chi connectivity index (χ1v) is 5.83. The van der Waals surface area contributed by atoms with Gasteiger partial charge < -0.3 is 5.73 Å². The maximum absolute atomic E-state index is 12.9. The van der Waals surface area contributed by atoms with Gasteiger partial charge in [-0.2, -0.15) is 0 Å². The Morgan fingerprint density at radius 1 is 0.941 bits per heavy atom.